The fraction of sp³-hybridized carbons (Fsp3) is 0.222. The molecular weight excluding hydrogens is 487 g/mol. The second-order valence-electron chi connectivity index (χ2n) is 8.24. The van der Waals surface area contributed by atoms with E-state index in [2.05, 4.69) is 9.97 Å². The minimum absolute atomic E-state index is 0.0720. The number of carbonyl (C=O) groups excluding carboxylic acids is 1. The molecule has 0 saturated heterocycles. The molecule has 1 unspecified atom stereocenters. The number of aliphatic hydroxyl groups excluding tert-OH is 1. The van der Waals surface area contributed by atoms with Crippen molar-refractivity contribution in [2.24, 2.45) is 0 Å². The fourth-order valence-corrected chi connectivity index (χ4v) is 4.13. The SMILES string of the molecule is COc1ccc(C(O)(CO)CCC(=O)c2cc(OC)c3ncccc3c2)nc1-c1ccc(F)c(Cl)c1. The summed E-state index contributed by atoms with van der Waals surface area (Å²) in [5.41, 5.74) is 0.129. The third kappa shape index (κ3) is 5.02. The Morgan fingerprint density at radius 3 is 2.56 bits per heavy atom. The van der Waals surface area contributed by atoms with Gasteiger partial charge in [0, 0.05) is 29.1 Å². The number of aromatic nitrogens is 2. The summed E-state index contributed by atoms with van der Waals surface area (Å²) in [6.07, 6.45) is 1.47. The highest BCUT2D eigenvalue weighted by Gasteiger charge is 2.32. The van der Waals surface area contributed by atoms with Crippen molar-refractivity contribution < 1.29 is 28.9 Å². The van der Waals surface area contributed by atoms with E-state index in [-0.39, 0.29) is 29.3 Å². The number of hydrogen-bond acceptors (Lipinski definition) is 7. The molecule has 186 valence electrons. The highest BCUT2D eigenvalue weighted by Crippen LogP contribution is 2.35. The highest BCUT2D eigenvalue weighted by molar-refractivity contribution is 6.31. The Morgan fingerprint density at radius 2 is 1.86 bits per heavy atom. The van der Waals surface area contributed by atoms with Gasteiger partial charge in [-0.05, 0) is 55.0 Å². The van der Waals surface area contributed by atoms with Crippen LogP contribution in [0.25, 0.3) is 22.2 Å². The molecular formula is C27H24ClFN2O5. The first kappa shape index (κ1) is 25.5. The minimum atomic E-state index is -1.82. The Balaban J connectivity index is 1.62. The molecule has 4 aromatic rings. The van der Waals surface area contributed by atoms with Gasteiger partial charge in [0.1, 0.15) is 34.1 Å². The number of methoxy groups -OCH3 is 2. The summed E-state index contributed by atoms with van der Waals surface area (Å²) in [5.74, 6) is 0.00921. The molecule has 0 amide bonds. The first-order chi connectivity index (χ1) is 17.3. The average molecular weight is 511 g/mol. The molecule has 0 aliphatic rings. The third-order valence-corrected chi connectivity index (χ3v) is 6.28. The topological polar surface area (TPSA) is 102 Å². The van der Waals surface area contributed by atoms with E-state index < -0.39 is 18.0 Å². The Hall–Kier alpha value is -3.59. The number of Topliss-reactive ketones (excluding diaryl/α,β-unsaturated/α-hetero) is 1. The quantitative estimate of drug-likeness (QED) is 0.307. The van der Waals surface area contributed by atoms with Crippen molar-refractivity contribution in [2.45, 2.75) is 18.4 Å². The third-order valence-electron chi connectivity index (χ3n) is 5.99. The van der Waals surface area contributed by atoms with Crippen molar-refractivity contribution >= 4 is 28.3 Å². The van der Waals surface area contributed by atoms with Crippen molar-refractivity contribution in [1.82, 2.24) is 9.97 Å². The van der Waals surface area contributed by atoms with Crippen LogP contribution in [0.4, 0.5) is 4.39 Å². The first-order valence-corrected chi connectivity index (χ1v) is 11.5. The molecule has 0 aliphatic carbocycles. The van der Waals surface area contributed by atoms with Crippen LogP contribution in [0.3, 0.4) is 0 Å². The number of ketones is 1. The second kappa shape index (κ2) is 10.6. The maximum absolute atomic E-state index is 13.7. The summed E-state index contributed by atoms with van der Waals surface area (Å²) in [6.45, 7) is -0.672. The van der Waals surface area contributed by atoms with Crippen LogP contribution in [0, 0.1) is 5.82 Å². The van der Waals surface area contributed by atoms with Crippen LogP contribution in [0.1, 0.15) is 28.9 Å². The molecule has 0 fully saturated rings. The number of pyridine rings is 2. The van der Waals surface area contributed by atoms with E-state index >= 15 is 0 Å². The van der Waals surface area contributed by atoms with Crippen molar-refractivity contribution in [1.29, 1.82) is 0 Å². The highest BCUT2D eigenvalue weighted by atomic mass is 35.5. The van der Waals surface area contributed by atoms with Crippen molar-refractivity contribution in [3.63, 3.8) is 0 Å². The second-order valence-corrected chi connectivity index (χ2v) is 8.65. The molecule has 2 N–H and O–H groups in total. The van der Waals surface area contributed by atoms with Crippen LogP contribution in [-0.4, -0.2) is 46.8 Å². The lowest BCUT2D eigenvalue weighted by atomic mass is 9.91. The molecule has 2 heterocycles. The number of fused-ring (bicyclic) bond motifs is 1. The van der Waals surface area contributed by atoms with Gasteiger partial charge in [-0.1, -0.05) is 17.7 Å². The molecule has 0 bridgehead atoms. The summed E-state index contributed by atoms with van der Waals surface area (Å²) >= 11 is 5.93. The molecule has 2 aromatic carbocycles. The van der Waals surface area contributed by atoms with Crippen LogP contribution in [0.5, 0.6) is 11.5 Å². The van der Waals surface area contributed by atoms with Gasteiger partial charge in [-0.25, -0.2) is 9.37 Å². The van der Waals surface area contributed by atoms with Gasteiger partial charge in [0.25, 0.3) is 0 Å². The molecule has 0 radical (unpaired) electrons. The van der Waals surface area contributed by atoms with Crippen molar-refractivity contribution in [3.8, 4) is 22.8 Å². The van der Waals surface area contributed by atoms with E-state index in [9.17, 15) is 19.4 Å². The summed E-state index contributed by atoms with van der Waals surface area (Å²) in [6, 6.07) is 14.1. The summed E-state index contributed by atoms with van der Waals surface area (Å²) in [5, 5.41) is 22.0. The normalized spacial score (nSPS) is 12.8. The van der Waals surface area contributed by atoms with E-state index in [0.29, 0.717) is 33.8 Å². The number of rotatable bonds is 9. The standard InChI is InChI=1S/C27H24ClFN2O5/c1-35-22-7-8-24(31-26(22)17-5-6-20(29)19(28)13-17)27(34,15-32)10-9-21(33)18-12-16-4-3-11-30-25(16)23(14-18)36-2/h3-8,11-14,32,34H,9-10,15H2,1-2H3. The largest absolute Gasteiger partial charge is 0.494 e. The Kier molecular flexibility index (Phi) is 7.49. The number of carbonyl (C=O) groups is 1. The van der Waals surface area contributed by atoms with Crippen LogP contribution in [-0.2, 0) is 5.60 Å². The van der Waals surface area contributed by atoms with Gasteiger partial charge in [0.2, 0.25) is 0 Å². The zero-order chi connectivity index (χ0) is 25.9. The number of nitrogens with zero attached hydrogens (tertiary/aromatic N) is 2. The lowest BCUT2D eigenvalue weighted by Crippen LogP contribution is -2.32. The first-order valence-electron chi connectivity index (χ1n) is 11.1. The summed E-state index contributed by atoms with van der Waals surface area (Å²) < 4.78 is 24.4. The maximum Gasteiger partial charge on any atom is 0.163 e. The monoisotopic (exact) mass is 510 g/mol. The number of hydrogen-bond donors (Lipinski definition) is 2. The smallest absolute Gasteiger partial charge is 0.163 e. The van der Waals surface area contributed by atoms with Gasteiger partial charge in [0.15, 0.2) is 5.78 Å². The van der Waals surface area contributed by atoms with Gasteiger partial charge in [-0.2, -0.15) is 0 Å². The lowest BCUT2D eigenvalue weighted by Gasteiger charge is -2.26. The lowest BCUT2D eigenvalue weighted by molar-refractivity contribution is -0.0298. The molecule has 7 nitrogen and oxygen atoms in total. The van der Waals surface area contributed by atoms with E-state index in [1.54, 1.807) is 30.5 Å². The molecule has 9 heteroatoms. The molecule has 0 aliphatic heterocycles. The van der Waals surface area contributed by atoms with E-state index in [1.165, 1.54) is 38.5 Å². The molecule has 0 saturated carbocycles. The van der Waals surface area contributed by atoms with E-state index in [4.69, 9.17) is 21.1 Å². The zero-order valence-electron chi connectivity index (χ0n) is 19.7. The molecule has 2 aromatic heterocycles. The number of aliphatic hydroxyl groups is 2. The Bertz CT molecular complexity index is 1430. The van der Waals surface area contributed by atoms with Crippen molar-refractivity contribution in [2.75, 3.05) is 20.8 Å². The van der Waals surface area contributed by atoms with Gasteiger partial charge >= 0.3 is 0 Å². The van der Waals surface area contributed by atoms with E-state index in [0.717, 1.165) is 5.39 Å². The van der Waals surface area contributed by atoms with Crippen molar-refractivity contribution in [3.05, 3.63) is 82.9 Å². The van der Waals surface area contributed by atoms with Gasteiger partial charge in [0.05, 0.1) is 31.5 Å². The van der Waals surface area contributed by atoms with Crippen LogP contribution in [0.15, 0.2) is 60.8 Å². The number of ether oxygens (including phenoxy) is 2. The minimum Gasteiger partial charge on any atom is -0.494 e. The Labute approximate surface area is 212 Å². The number of halogens is 2. The summed E-state index contributed by atoms with van der Waals surface area (Å²) in [7, 11) is 2.96. The van der Waals surface area contributed by atoms with Gasteiger partial charge in [-0.3, -0.25) is 9.78 Å². The summed E-state index contributed by atoms with van der Waals surface area (Å²) in [4.78, 5) is 21.8. The van der Waals surface area contributed by atoms with Crippen LogP contribution >= 0.6 is 11.6 Å². The average Bonchev–Trinajstić information content (AvgIpc) is 2.91. The maximum atomic E-state index is 13.7. The molecule has 1 atom stereocenters. The van der Waals surface area contributed by atoms with Crippen LogP contribution in [0.2, 0.25) is 5.02 Å². The predicted molar refractivity (Wildman–Crippen MR) is 134 cm³/mol. The Morgan fingerprint density at radius 1 is 1.08 bits per heavy atom. The van der Waals surface area contributed by atoms with Gasteiger partial charge < -0.3 is 19.7 Å². The van der Waals surface area contributed by atoms with Crippen LogP contribution < -0.4 is 9.47 Å². The fourth-order valence-electron chi connectivity index (χ4n) is 3.95. The van der Waals surface area contributed by atoms with E-state index in [1.807, 2.05) is 6.07 Å². The molecule has 36 heavy (non-hydrogen) atoms. The number of benzene rings is 2. The molecule has 0 spiro atoms. The zero-order valence-corrected chi connectivity index (χ0v) is 20.4. The van der Waals surface area contributed by atoms with Gasteiger partial charge in [-0.15, -0.1) is 0 Å². The molecule has 4 rings (SSSR count). The predicted octanol–water partition coefficient (Wildman–Crippen LogP) is 4.95.